The second-order valence-electron chi connectivity index (χ2n) is 7.43. The molecular weight excluding hydrogens is 455 g/mol. The Bertz CT molecular complexity index is 1320. The number of carbonyl (C=O) groups is 2. The van der Waals surface area contributed by atoms with E-state index in [1.165, 1.54) is 10.6 Å². The molecule has 0 bridgehead atoms. The number of hydrogen-bond acceptors (Lipinski definition) is 4. The summed E-state index contributed by atoms with van der Waals surface area (Å²) in [5, 5.41) is 5.96. The Hall–Kier alpha value is -3.36. The van der Waals surface area contributed by atoms with Crippen LogP contribution in [0.5, 0.6) is 0 Å². The van der Waals surface area contributed by atoms with E-state index >= 15 is 0 Å². The summed E-state index contributed by atoms with van der Waals surface area (Å²) in [6.45, 7) is 0.182. The molecule has 0 spiro atoms. The van der Waals surface area contributed by atoms with Crippen LogP contribution in [0, 0.1) is 5.92 Å². The second kappa shape index (κ2) is 9.02. The molecule has 8 nitrogen and oxygen atoms in total. The topological polar surface area (TPSA) is 113 Å². The molecule has 2 amide bonds. The highest BCUT2D eigenvalue weighted by Gasteiger charge is 2.32. The van der Waals surface area contributed by atoms with Gasteiger partial charge in [-0.3, -0.25) is 23.9 Å². The number of benzene rings is 2. The zero-order chi connectivity index (χ0) is 22.8. The molecule has 1 atom stereocenters. The lowest BCUT2D eigenvalue weighted by Crippen LogP contribution is -2.42. The van der Waals surface area contributed by atoms with Crippen LogP contribution in [0.4, 0.5) is 11.5 Å². The lowest BCUT2D eigenvalue weighted by molar-refractivity contribution is -0.125. The molecule has 0 fully saturated rings. The van der Waals surface area contributed by atoms with Crippen LogP contribution in [0.15, 0.2) is 58.1 Å². The molecule has 0 radical (unpaired) electrons. The molecule has 1 aliphatic rings. The number of anilines is 2. The van der Waals surface area contributed by atoms with Crippen molar-refractivity contribution in [2.45, 2.75) is 19.4 Å². The van der Waals surface area contributed by atoms with Crippen molar-refractivity contribution in [1.82, 2.24) is 9.55 Å². The molecule has 0 aliphatic carbocycles. The molecule has 0 saturated carbocycles. The zero-order valence-electron chi connectivity index (χ0n) is 16.7. The Morgan fingerprint density at radius 3 is 2.53 bits per heavy atom. The maximum atomic E-state index is 12.7. The van der Waals surface area contributed by atoms with Crippen LogP contribution in [-0.2, 0) is 22.6 Å². The van der Waals surface area contributed by atoms with Crippen LogP contribution in [0.3, 0.4) is 0 Å². The predicted octanol–water partition coefficient (Wildman–Crippen LogP) is 3.03. The fourth-order valence-electron chi connectivity index (χ4n) is 3.59. The van der Waals surface area contributed by atoms with Crippen LogP contribution in [-0.4, -0.2) is 21.4 Å². The van der Waals surface area contributed by atoms with E-state index in [0.717, 1.165) is 5.56 Å². The molecule has 10 heteroatoms. The van der Waals surface area contributed by atoms with Crippen LogP contribution in [0.2, 0.25) is 10.0 Å². The minimum Gasteiger partial charge on any atom is -0.326 e. The van der Waals surface area contributed by atoms with Crippen molar-refractivity contribution >= 4 is 46.5 Å². The number of amides is 2. The van der Waals surface area contributed by atoms with Gasteiger partial charge >= 0.3 is 5.69 Å². The third-order valence-corrected chi connectivity index (χ3v) is 5.92. The van der Waals surface area contributed by atoms with E-state index in [2.05, 4.69) is 15.6 Å². The molecule has 164 valence electrons. The highest BCUT2D eigenvalue weighted by atomic mass is 35.5. The fraction of sp³-hybridized carbons (Fsp3) is 0.182. The maximum absolute atomic E-state index is 12.7. The Labute approximate surface area is 192 Å². The summed E-state index contributed by atoms with van der Waals surface area (Å²) in [6, 6.07) is 13.8. The normalized spacial score (nSPS) is 15.1. The molecule has 1 unspecified atom stereocenters. The molecule has 2 aromatic carbocycles. The molecule has 4 rings (SSSR count). The summed E-state index contributed by atoms with van der Waals surface area (Å²) in [7, 11) is 0. The average Bonchev–Trinajstić information content (AvgIpc) is 2.75. The van der Waals surface area contributed by atoms with Gasteiger partial charge in [-0.15, -0.1) is 0 Å². The van der Waals surface area contributed by atoms with E-state index in [-0.39, 0.29) is 35.8 Å². The van der Waals surface area contributed by atoms with Crippen molar-refractivity contribution in [3.63, 3.8) is 0 Å². The first-order chi connectivity index (χ1) is 15.3. The number of hydrogen-bond donors (Lipinski definition) is 3. The van der Waals surface area contributed by atoms with Crippen molar-refractivity contribution < 1.29 is 9.59 Å². The van der Waals surface area contributed by atoms with Gasteiger partial charge < -0.3 is 10.6 Å². The van der Waals surface area contributed by atoms with Gasteiger partial charge in [-0.05, 0) is 30.2 Å². The molecule has 1 aliphatic heterocycles. The van der Waals surface area contributed by atoms with Crippen LogP contribution in [0.25, 0.3) is 0 Å². The molecule has 2 heterocycles. The molecule has 1 aromatic heterocycles. The summed E-state index contributed by atoms with van der Waals surface area (Å²) < 4.78 is 1.32. The zero-order valence-corrected chi connectivity index (χ0v) is 18.2. The first-order valence-electron chi connectivity index (χ1n) is 9.77. The number of aromatic nitrogens is 2. The number of carbonyl (C=O) groups excluding carboxylic acids is 2. The first kappa shape index (κ1) is 21.9. The van der Waals surface area contributed by atoms with Crippen molar-refractivity contribution in [2.24, 2.45) is 5.92 Å². The SMILES string of the molecule is O=C(CC1Cc2c(n(Cc3ccccc3)c(=O)[nH]c2=O)NC1=O)Nc1ccc(Cl)c(Cl)c1. The van der Waals surface area contributed by atoms with Gasteiger partial charge in [0.1, 0.15) is 5.82 Å². The van der Waals surface area contributed by atoms with Crippen LogP contribution < -0.4 is 21.9 Å². The fourth-order valence-corrected chi connectivity index (χ4v) is 3.89. The highest BCUT2D eigenvalue weighted by Crippen LogP contribution is 2.27. The van der Waals surface area contributed by atoms with E-state index in [1.807, 2.05) is 30.3 Å². The van der Waals surface area contributed by atoms with E-state index in [9.17, 15) is 19.2 Å². The van der Waals surface area contributed by atoms with Gasteiger partial charge in [0.05, 0.1) is 28.1 Å². The number of fused-ring (bicyclic) bond motifs is 1. The quantitative estimate of drug-likeness (QED) is 0.529. The predicted molar refractivity (Wildman–Crippen MR) is 122 cm³/mol. The lowest BCUT2D eigenvalue weighted by Gasteiger charge is -2.26. The van der Waals surface area contributed by atoms with Gasteiger partial charge in [-0.1, -0.05) is 53.5 Å². The molecule has 3 N–H and O–H groups in total. The summed E-state index contributed by atoms with van der Waals surface area (Å²) in [6.07, 6.45) is -0.122. The highest BCUT2D eigenvalue weighted by molar-refractivity contribution is 6.42. The summed E-state index contributed by atoms with van der Waals surface area (Å²) in [4.78, 5) is 52.3. The van der Waals surface area contributed by atoms with E-state index in [1.54, 1.807) is 12.1 Å². The molecule has 3 aromatic rings. The molecule has 32 heavy (non-hydrogen) atoms. The first-order valence-corrected chi connectivity index (χ1v) is 10.5. The number of H-pyrrole nitrogens is 1. The minimum atomic E-state index is -0.769. The van der Waals surface area contributed by atoms with Crippen molar-refractivity contribution in [3.05, 3.63) is 90.5 Å². The Balaban J connectivity index is 1.55. The van der Waals surface area contributed by atoms with Gasteiger partial charge in [-0.25, -0.2) is 4.79 Å². The van der Waals surface area contributed by atoms with Crippen LogP contribution >= 0.6 is 23.2 Å². The number of nitrogens with zero attached hydrogens (tertiary/aromatic N) is 1. The lowest BCUT2D eigenvalue weighted by atomic mass is 9.92. The standard InChI is InChI=1S/C22H18Cl2N4O4/c23-16-7-6-14(10-17(16)24)25-18(29)9-13-8-15-19(26-20(13)30)28(22(32)27-21(15)31)11-12-4-2-1-3-5-12/h1-7,10,13H,8-9,11H2,(H,25,29)(H,26,30)(H,27,31,32). The van der Waals surface area contributed by atoms with Gasteiger partial charge in [0, 0.05) is 12.1 Å². The van der Waals surface area contributed by atoms with Crippen molar-refractivity contribution in [2.75, 3.05) is 10.6 Å². The third-order valence-electron chi connectivity index (χ3n) is 5.18. The van der Waals surface area contributed by atoms with Crippen molar-refractivity contribution in [1.29, 1.82) is 0 Å². The van der Waals surface area contributed by atoms with Crippen molar-refractivity contribution in [3.8, 4) is 0 Å². The van der Waals surface area contributed by atoms with Gasteiger partial charge in [-0.2, -0.15) is 0 Å². The molecule has 0 saturated heterocycles. The van der Waals surface area contributed by atoms with E-state index in [4.69, 9.17) is 23.2 Å². The Morgan fingerprint density at radius 2 is 1.81 bits per heavy atom. The summed E-state index contributed by atoms with van der Waals surface area (Å²) in [5.41, 5.74) is 0.335. The molecular formula is C22H18Cl2N4O4. The monoisotopic (exact) mass is 472 g/mol. The third kappa shape index (κ3) is 4.61. The van der Waals surface area contributed by atoms with Gasteiger partial charge in [0.25, 0.3) is 5.56 Å². The second-order valence-corrected chi connectivity index (χ2v) is 8.24. The Morgan fingerprint density at radius 1 is 1.06 bits per heavy atom. The number of nitrogens with one attached hydrogen (secondary N) is 3. The number of aromatic amines is 1. The smallest absolute Gasteiger partial charge is 0.326 e. The number of halogens is 2. The largest absolute Gasteiger partial charge is 0.330 e. The van der Waals surface area contributed by atoms with Gasteiger partial charge in [0.15, 0.2) is 0 Å². The Kier molecular flexibility index (Phi) is 6.16. The van der Waals surface area contributed by atoms with E-state index in [0.29, 0.717) is 10.7 Å². The summed E-state index contributed by atoms with van der Waals surface area (Å²) in [5.74, 6) is -1.46. The summed E-state index contributed by atoms with van der Waals surface area (Å²) >= 11 is 11.8. The van der Waals surface area contributed by atoms with Crippen LogP contribution in [0.1, 0.15) is 17.5 Å². The average molecular weight is 473 g/mol. The minimum absolute atomic E-state index is 0.0281. The van der Waals surface area contributed by atoms with E-state index < -0.39 is 29.0 Å². The number of rotatable bonds is 5. The van der Waals surface area contributed by atoms with Gasteiger partial charge in [0.2, 0.25) is 11.8 Å². The maximum Gasteiger partial charge on any atom is 0.330 e.